The molecule has 1 aliphatic rings. The third-order valence-electron chi connectivity index (χ3n) is 3.58. The molecule has 2 rings (SSSR count). The number of ether oxygens (including phenoxy) is 2. The van der Waals surface area contributed by atoms with Crippen LogP contribution < -0.4 is 9.47 Å². The van der Waals surface area contributed by atoms with Crippen molar-refractivity contribution in [2.45, 2.75) is 13.8 Å². The van der Waals surface area contributed by atoms with Crippen LogP contribution >= 0.6 is 12.2 Å². The molecule has 0 aliphatic carbocycles. The van der Waals surface area contributed by atoms with Gasteiger partial charge in [-0.1, -0.05) is 6.07 Å². The summed E-state index contributed by atoms with van der Waals surface area (Å²) >= 11 is 5.27. The average molecular weight is 364 g/mol. The second-order valence-corrected chi connectivity index (χ2v) is 5.61. The van der Waals surface area contributed by atoms with Gasteiger partial charge in [-0.3, -0.25) is 9.69 Å². The van der Waals surface area contributed by atoms with E-state index in [1.54, 1.807) is 36.2 Å². The van der Waals surface area contributed by atoms with Gasteiger partial charge in [0.2, 0.25) is 0 Å². The molecule has 1 heterocycles. The van der Waals surface area contributed by atoms with Crippen molar-refractivity contribution in [1.29, 1.82) is 0 Å². The largest absolute Gasteiger partial charge is 0.490 e. The number of thiocarbonyl (C=S) groups is 1. The van der Waals surface area contributed by atoms with Gasteiger partial charge in [0.1, 0.15) is 5.70 Å². The lowest BCUT2D eigenvalue weighted by Crippen LogP contribution is -2.30. The van der Waals surface area contributed by atoms with Crippen LogP contribution in [0.5, 0.6) is 11.5 Å². The van der Waals surface area contributed by atoms with Crippen LogP contribution in [0, 0.1) is 0 Å². The zero-order chi connectivity index (χ0) is 18.6. The van der Waals surface area contributed by atoms with Gasteiger partial charge in [0.15, 0.2) is 23.2 Å². The van der Waals surface area contributed by atoms with Crippen LogP contribution in [0.4, 0.5) is 0 Å². The second-order valence-electron chi connectivity index (χ2n) is 5.24. The summed E-state index contributed by atoms with van der Waals surface area (Å²) in [5.74, 6) is -0.469. The summed E-state index contributed by atoms with van der Waals surface area (Å²) in [6, 6.07) is 5.05. The first kappa shape index (κ1) is 18.7. The van der Waals surface area contributed by atoms with Crippen molar-refractivity contribution >= 4 is 35.3 Å². The maximum absolute atomic E-state index is 12.4. The van der Waals surface area contributed by atoms with E-state index in [9.17, 15) is 9.59 Å². The number of benzene rings is 1. The Kier molecular flexibility index (Phi) is 5.97. The number of likely N-dealkylation sites (N-methyl/N-ethyl adjacent to an activating group) is 2. The number of rotatable bonds is 7. The van der Waals surface area contributed by atoms with Gasteiger partial charge in [-0.2, -0.15) is 0 Å². The average Bonchev–Trinajstić information content (AvgIpc) is 2.77. The molecule has 0 unspecified atom stereocenters. The SMILES string of the molecule is CCOc1cc(/C=C2/C(=O)N(CC)C(=S)N2C)ccc1OCC(=O)O. The second kappa shape index (κ2) is 7.98. The van der Waals surface area contributed by atoms with Gasteiger partial charge in [0.05, 0.1) is 6.61 Å². The Labute approximate surface area is 151 Å². The predicted molar refractivity (Wildman–Crippen MR) is 96.5 cm³/mol. The van der Waals surface area contributed by atoms with E-state index in [4.69, 9.17) is 26.8 Å². The van der Waals surface area contributed by atoms with Gasteiger partial charge in [-0.05, 0) is 49.8 Å². The molecular formula is C17H20N2O5S. The van der Waals surface area contributed by atoms with Crippen molar-refractivity contribution in [3.05, 3.63) is 29.5 Å². The highest BCUT2D eigenvalue weighted by atomic mass is 32.1. The van der Waals surface area contributed by atoms with E-state index in [-0.39, 0.29) is 5.91 Å². The number of carboxylic acids is 1. The molecule has 1 aromatic carbocycles. The first-order valence-electron chi connectivity index (χ1n) is 7.81. The maximum atomic E-state index is 12.4. The highest BCUT2D eigenvalue weighted by Gasteiger charge is 2.34. The van der Waals surface area contributed by atoms with Gasteiger partial charge >= 0.3 is 5.97 Å². The Morgan fingerprint density at radius 3 is 2.56 bits per heavy atom. The van der Waals surface area contributed by atoms with Crippen LogP contribution in [0.1, 0.15) is 19.4 Å². The molecule has 7 nitrogen and oxygen atoms in total. The molecule has 0 radical (unpaired) electrons. The van der Waals surface area contributed by atoms with Gasteiger partial charge < -0.3 is 19.5 Å². The molecule has 0 atom stereocenters. The summed E-state index contributed by atoms with van der Waals surface area (Å²) in [4.78, 5) is 26.3. The van der Waals surface area contributed by atoms with Crippen molar-refractivity contribution in [2.75, 3.05) is 26.8 Å². The quantitative estimate of drug-likeness (QED) is 0.585. The van der Waals surface area contributed by atoms with Gasteiger partial charge in [0, 0.05) is 13.6 Å². The fraction of sp³-hybridized carbons (Fsp3) is 0.353. The maximum Gasteiger partial charge on any atom is 0.341 e. The Morgan fingerprint density at radius 2 is 2.00 bits per heavy atom. The number of hydrogen-bond acceptors (Lipinski definition) is 5. The number of carbonyl (C=O) groups is 2. The molecule has 134 valence electrons. The minimum Gasteiger partial charge on any atom is -0.490 e. The number of aliphatic carboxylic acids is 1. The molecule has 0 spiro atoms. The smallest absolute Gasteiger partial charge is 0.341 e. The van der Waals surface area contributed by atoms with E-state index in [1.165, 1.54) is 4.90 Å². The molecule has 1 aromatic rings. The number of hydrogen-bond donors (Lipinski definition) is 1. The van der Waals surface area contributed by atoms with E-state index in [0.717, 1.165) is 5.56 Å². The molecule has 1 amide bonds. The fourth-order valence-corrected chi connectivity index (χ4v) is 2.70. The highest BCUT2D eigenvalue weighted by Crippen LogP contribution is 2.30. The molecule has 1 aliphatic heterocycles. The molecule has 1 N–H and O–H groups in total. The van der Waals surface area contributed by atoms with Gasteiger partial charge in [-0.15, -0.1) is 0 Å². The van der Waals surface area contributed by atoms with Crippen molar-refractivity contribution < 1.29 is 24.2 Å². The predicted octanol–water partition coefficient (Wildman–Crippen LogP) is 1.97. The van der Waals surface area contributed by atoms with Crippen LogP contribution in [-0.2, 0) is 9.59 Å². The molecular weight excluding hydrogens is 344 g/mol. The Bertz CT molecular complexity index is 732. The molecule has 1 saturated heterocycles. The van der Waals surface area contributed by atoms with E-state index in [2.05, 4.69) is 0 Å². The molecule has 8 heteroatoms. The number of nitrogens with zero attached hydrogens (tertiary/aromatic N) is 2. The monoisotopic (exact) mass is 364 g/mol. The summed E-state index contributed by atoms with van der Waals surface area (Å²) in [5, 5.41) is 9.20. The summed E-state index contributed by atoms with van der Waals surface area (Å²) in [6.45, 7) is 4.13. The normalized spacial score (nSPS) is 15.9. The summed E-state index contributed by atoms with van der Waals surface area (Å²) in [5.41, 5.74) is 1.19. The van der Waals surface area contributed by atoms with Crippen LogP contribution in [0.2, 0.25) is 0 Å². The number of amides is 1. The first-order valence-corrected chi connectivity index (χ1v) is 8.22. The Balaban J connectivity index is 2.33. The minimum atomic E-state index is -1.07. The molecule has 0 aromatic heterocycles. The van der Waals surface area contributed by atoms with Crippen molar-refractivity contribution in [2.24, 2.45) is 0 Å². The van der Waals surface area contributed by atoms with Crippen molar-refractivity contribution in [1.82, 2.24) is 9.80 Å². The van der Waals surface area contributed by atoms with Gasteiger partial charge in [-0.25, -0.2) is 4.79 Å². The van der Waals surface area contributed by atoms with E-state index < -0.39 is 12.6 Å². The molecule has 0 bridgehead atoms. The third-order valence-corrected chi connectivity index (χ3v) is 4.08. The van der Waals surface area contributed by atoms with Crippen LogP contribution in [-0.4, -0.2) is 58.7 Å². The lowest BCUT2D eigenvalue weighted by atomic mass is 10.1. The van der Waals surface area contributed by atoms with Crippen LogP contribution in [0.3, 0.4) is 0 Å². The zero-order valence-corrected chi connectivity index (χ0v) is 15.1. The summed E-state index contributed by atoms with van der Waals surface area (Å²) in [7, 11) is 1.75. The van der Waals surface area contributed by atoms with E-state index in [1.807, 2.05) is 13.8 Å². The molecule has 25 heavy (non-hydrogen) atoms. The first-order chi connectivity index (χ1) is 11.9. The van der Waals surface area contributed by atoms with Crippen LogP contribution in [0.15, 0.2) is 23.9 Å². The van der Waals surface area contributed by atoms with Gasteiger partial charge in [0.25, 0.3) is 5.91 Å². The lowest BCUT2D eigenvalue weighted by molar-refractivity contribution is -0.139. The number of carboxylic acid groups (broad SMARTS) is 1. The zero-order valence-electron chi connectivity index (χ0n) is 14.3. The highest BCUT2D eigenvalue weighted by molar-refractivity contribution is 7.80. The summed E-state index contributed by atoms with van der Waals surface area (Å²) < 4.78 is 10.7. The minimum absolute atomic E-state index is 0.154. The fourth-order valence-electron chi connectivity index (χ4n) is 2.39. The van der Waals surface area contributed by atoms with E-state index in [0.29, 0.717) is 35.5 Å². The molecule has 0 saturated carbocycles. The summed E-state index contributed by atoms with van der Waals surface area (Å²) in [6.07, 6.45) is 1.72. The lowest BCUT2D eigenvalue weighted by Gasteiger charge is -2.14. The topological polar surface area (TPSA) is 79.3 Å². The Hall–Kier alpha value is -2.61. The van der Waals surface area contributed by atoms with E-state index >= 15 is 0 Å². The molecule has 1 fully saturated rings. The van der Waals surface area contributed by atoms with Crippen molar-refractivity contribution in [3.63, 3.8) is 0 Å². The standard InChI is InChI=1S/C17H20N2O5S/c1-4-19-16(22)12(18(3)17(19)25)8-11-6-7-13(24-10-15(20)21)14(9-11)23-5-2/h6-9H,4-5,10H2,1-3H3,(H,20,21)/b12-8-. The number of carbonyl (C=O) groups excluding carboxylic acids is 1. The Morgan fingerprint density at radius 1 is 1.28 bits per heavy atom. The van der Waals surface area contributed by atoms with Crippen molar-refractivity contribution in [3.8, 4) is 11.5 Å². The third kappa shape index (κ3) is 4.08. The van der Waals surface area contributed by atoms with Crippen LogP contribution in [0.25, 0.3) is 6.08 Å².